The Labute approximate surface area is 125 Å². The molecule has 0 unspecified atom stereocenters. The largest absolute Gasteiger partial charge is 0.507 e. The highest BCUT2D eigenvalue weighted by Crippen LogP contribution is 2.49. The molecular weight excluding hydrogens is 330 g/mol. The number of hydrogen-bond acceptors (Lipinski definition) is 5. The van der Waals surface area contributed by atoms with Crippen molar-refractivity contribution < 1.29 is 27.0 Å². The van der Waals surface area contributed by atoms with E-state index in [4.69, 9.17) is 22.1 Å². The Morgan fingerprint density at radius 3 is 2.09 bits per heavy atom. The molecule has 1 heterocycles. The molecule has 114 valence electrons. The second kappa shape index (κ2) is 5.28. The molecule has 10 heteroatoms. The fraction of sp³-hybridized carbons (Fsp3) is 0.167. The predicted octanol–water partition coefficient (Wildman–Crippen LogP) is 3.64. The molecule has 0 saturated carbocycles. The molecule has 0 fully saturated rings. The van der Waals surface area contributed by atoms with E-state index in [1.165, 1.54) is 0 Å². The Hall–Kier alpha value is -2.65. The lowest BCUT2D eigenvalue weighted by atomic mass is 10.2. The van der Waals surface area contributed by atoms with Crippen molar-refractivity contribution in [3.05, 3.63) is 28.9 Å². The van der Waals surface area contributed by atoms with Gasteiger partial charge in [-0.3, -0.25) is 0 Å². The minimum absolute atomic E-state index is 0.0481. The molecule has 22 heavy (non-hydrogen) atoms. The van der Waals surface area contributed by atoms with Crippen LogP contribution in [-0.4, -0.2) is 12.2 Å². The third-order valence-corrected chi connectivity index (χ3v) is 2.77. The summed E-state index contributed by atoms with van der Waals surface area (Å²) in [5, 5.41) is 19.3. The Morgan fingerprint density at radius 1 is 1.09 bits per heavy atom. The molecular formula is C12H4ClF4N3O2. The van der Waals surface area contributed by atoms with Crippen molar-refractivity contribution >= 4 is 17.3 Å². The molecule has 5 nitrogen and oxygen atoms in total. The van der Waals surface area contributed by atoms with E-state index in [0.29, 0.717) is 0 Å². The summed E-state index contributed by atoms with van der Waals surface area (Å²) in [6, 6.07) is 4.81. The van der Waals surface area contributed by atoms with Gasteiger partial charge in [0, 0.05) is 18.3 Å². The van der Waals surface area contributed by atoms with Crippen LogP contribution >= 0.6 is 11.6 Å². The van der Waals surface area contributed by atoms with Crippen LogP contribution in [-0.2, 0) is 0 Å². The first-order valence-corrected chi connectivity index (χ1v) is 5.82. The highest BCUT2D eigenvalue weighted by atomic mass is 35.5. The van der Waals surface area contributed by atoms with E-state index in [2.05, 4.69) is 14.8 Å². The van der Waals surface area contributed by atoms with Crippen LogP contribution in [0, 0.1) is 22.7 Å². The average Bonchev–Trinajstić information content (AvgIpc) is 2.42. The Kier molecular flexibility index (Phi) is 3.77. The zero-order chi connectivity index (χ0) is 16.5. The maximum atomic E-state index is 13.1. The van der Waals surface area contributed by atoms with E-state index in [-0.39, 0.29) is 16.3 Å². The van der Waals surface area contributed by atoms with Crippen LogP contribution in [0.4, 0.5) is 23.2 Å². The van der Waals surface area contributed by atoms with E-state index in [1.54, 1.807) is 12.1 Å². The lowest BCUT2D eigenvalue weighted by molar-refractivity contribution is -0.391. The fourth-order valence-corrected chi connectivity index (χ4v) is 1.65. The molecule has 0 atom stereocenters. The van der Waals surface area contributed by atoms with Gasteiger partial charge in [0.25, 0.3) is 0 Å². The van der Waals surface area contributed by atoms with Crippen molar-refractivity contribution in [3.8, 4) is 23.6 Å². The number of anilines is 1. The van der Waals surface area contributed by atoms with Crippen LogP contribution in [0.5, 0.6) is 11.5 Å². The van der Waals surface area contributed by atoms with Crippen molar-refractivity contribution in [2.45, 2.75) is 12.2 Å². The van der Waals surface area contributed by atoms with Gasteiger partial charge in [0.2, 0.25) is 0 Å². The van der Waals surface area contributed by atoms with Gasteiger partial charge in [0.1, 0.15) is 17.7 Å². The normalized spacial score (nSPS) is 16.9. The number of benzene rings is 1. The van der Waals surface area contributed by atoms with Crippen LogP contribution < -0.4 is 14.8 Å². The monoisotopic (exact) mass is 333 g/mol. The number of hydrogen-bond donors (Lipinski definition) is 1. The Balaban J connectivity index is 2.38. The molecule has 1 aliphatic rings. The van der Waals surface area contributed by atoms with E-state index >= 15 is 0 Å². The summed E-state index contributed by atoms with van der Waals surface area (Å²) in [5.41, 5.74) is -0.365. The highest BCUT2D eigenvalue weighted by molar-refractivity contribution is 6.33. The molecule has 1 aliphatic heterocycles. The third-order valence-electron chi connectivity index (χ3n) is 2.46. The number of nitrogens with zero attached hydrogens (tertiary/aromatic N) is 2. The highest BCUT2D eigenvalue weighted by Gasteiger charge is 2.66. The first kappa shape index (κ1) is 15.7. The second-order valence-electron chi connectivity index (χ2n) is 3.94. The van der Waals surface area contributed by atoms with Gasteiger partial charge in [0.05, 0.1) is 10.7 Å². The Bertz CT molecular complexity index is 721. The molecule has 0 spiro atoms. The second-order valence-corrected chi connectivity index (χ2v) is 4.35. The number of nitrogens with one attached hydrogen (secondary N) is 1. The quantitative estimate of drug-likeness (QED) is 0.660. The van der Waals surface area contributed by atoms with E-state index in [9.17, 15) is 17.6 Å². The smallest absolute Gasteiger partial charge is 0.421 e. The standard InChI is InChI=1S/C12H4ClF4N3O2/c13-7-1-9-10(22-12(16,17)11(14,15)21-9)2-8(7)20-5-6(3-18)4-19/h1-2,5,20H. The van der Waals surface area contributed by atoms with Gasteiger partial charge in [-0.1, -0.05) is 11.6 Å². The van der Waals surface area contributed by atoms with E-state index < -0.39 is 23.7 Å². The van der Waals surface area contributed by atoms with Gasteiger partial charge in [0.15, 0.2) is 11.5 Å². The molecule has 0 aliphatic carbocycles. The maximum Gasteiger partial charge on any atom is 0.507 e. The van der Waals surface area contributed by atoms with Crippen molar-refractivity contribution in [3.63, 3.8) is 0 Å². The van der Waals surface area contributed by atoms with Gasteiger partial charge in [-0.2, -0.15) is 28.1 Å². The molecule has 0 saturated heterocycles. The topological polar surface area (TPSA) is 78.1 Å². The van der Waals surface area contributed by atoms with Gasteiger partial charge >= 0.3 is 12.2 Å². The first-order chi connectivity index (χ1) is 10.2. The third kappa shape index (κ3) is 2.71. The number of rotatable bonds is 2. The summed E-state index contributed by atoms with van der Waals surface area (Å²) < 4.78 is 60.0. The van der Waals surface area contributed by atoms with Gasteiger partial charge in [-0.15, -0.1) is 0 Å². The minimum Gasteiger partial charge on any atom is -0.421 e. The van der Waals surface area contributed by atoms with Crippen molar-refractivity contribution in [1.29, 1.82) is 10.5 Å². The summed E-state index contributed by atoms with van der Waals surface area (Å²) in [4.78, 5) is 0. The predicted molar refractivity (Wildman–Crippen MR) is 65.5 cm³/mol. The molecule has 0 aromatic heterocycles. The number of fused-ring (bicyclic) bond motifs is 1. The minimum atomic E-state index is -4.86. The summed E-state index contributed by atoms with van der Waals surface area (Å²) in [7, 11) is 0. The fourth-order valence-electron chi connectivity index (χ4n) is 1.44. The average molecular weight is 334 g/mol. The molecule has 1 N–H and O–H groups in total. The summed E-state index contributed by atoms with van der Waals surface area (Å²) in [6.45, 7) is 0. The zero-order valence-electron chi connectivity index (χ0n) is 10.3. The number of allylic oxidation sites excluding steroid dienone is 1. The van der Waals surface area contributed by atoms with E-state index in [1.807, 2.05) is 0 Å². The number of ether oxygens (including phenoxy) is 2. The van der Waals surface area contributed by atoms with Crippen LogP contribution in [0.2, 0.25) is 5.02 Å². The maximum absolute atomic E-state index is 13.1. The molecule has 2 rings (SSSR count). The van der Waals surface area contributed by atoms with Crippen molar-refractivity contribution in [2.24, 2.45) is 0 Å². The summed E-state index contributed by atoms with van der Waals surface area (Å²) in [6.07, 6.45) is -8.73. The summed E-state index contributed by atoms with van der Waals surface area (Å²) in [5.74, 6) is -1.34. The van der Waals surface area contributed by atoms with Crippen molar-refractivity contribution in [2.75, 3.05) is 5.32 Å². The van der Waals surface area contributed by atoms with Crippen LogP contribution in [0.15, 0.2) is 23.9 Å². The number of alkyl halides is 4. The molecule has 0 bridgehead atoms. The first-order valence-electron chi connectivity index (χ1n) is 5.44. The Morgan fingerprint density at radius 2 is 1.59 bits per heavy atom. The SMILES string of the molecule is N#CC(C#N)=CNc1cc2c(cc1Cl)OC(F)(F)C(F)(F)O2. The lowest BCUT2D eigenvalue weighted by Crippen LogP contribution is -2.52. The molecule has 0 radical (unpaired) electrons. The van der Waals surface area contributed by atoms with Gasteiger partial charge in [-0.25, -0.2) is 0 Å². The number of nitriles is 2. The summed E-state index contributed by atoms with van der Waals surface area (Å²) >= 11 is 5.77. The lowest BCUT2D eigenvalue weighted by Gasteiger charge is -2.32. The van der Waals surface area contributed by atoms with Crippen LogP contribution in [0.3, 0.4) is 0 Å². The molecule has 1 aromatic rings. The van der Waals surface area contributed by atoms with Crippen LogP contribution in [0.1, 0.15) is 0 Å². The van der Waals surface area contributed by atoms with Crippen molar-refractivity contribution in [1.82, 2.24) is 0 Å². The van der Waals surface area contributed by atoms with Crippen LogP contribution in [0.25, 0.3) is 0 Å². The number of halogens is 5. The van der Waals surface area contributed by atoms with E-state index in [0.717, 1.165) is 18.3 Å². The van der Waals surface area contributed by atoms with Gasteiger partial charge < -0.3 is 14.8 Å². The van der Waals surface area contributed by atoms with Gasteiger partial charge in [-0.05, 0) is 0 Å². The molecule has 1 aromatic carbocycles. The molecule has 0 amide bonds. The zero-order valence-corrected chi connectivity index (χ0v) is 11.1.